The number of benzene rings is 1. The molecule has 0 aliphatic carbocycles. The zero-order valence-electron chi connectivity index (χ0n) is 14.5. The van der Waals surface area contributed by atoms with Crippen molar-refractivity contribution < 1.29 is 4.74 Å². The largest absolute Gasteiger partial charge is 0.380 e. The highest BCUT2D eigenvalue weighted by Crippen LogP contribution is 2.06. The number of aromatic nitrogens is 1. The Hall–Kier alpha value is -1.38. The molecule has 0 amide bonds. The highest BCUT2D eigenvalue weighted by molar-refractivity contribution is 14.0. The molecule has 0 radical (unpaired) electrons. The number of hydrogen-bond donors (Lipinski definition) is 2. The average Bonchev–Trinajstić information content (AvgIpc) is 2.60. The first kappa shape index (κ1) is 21.7. The third-order valence-corrected chi connectivity index (χ3v) is 3.70. The lowest BCUT2D eigenvalue weighted by Crippen LogP contribution is -2.37. The van der Waals surface area contributed by atoms with Crippen molar-refractivity contribution in [3.05, 3.63) is 64.4 Å². The maximum atomic E-state index is 5.79. The van der Waals surface area contributed by atoms with Crippen LogP contribution in [0.5, 0.6) is 0 Å². The zero-order valence-corrected chi connectivity index (χ0v) is 17.5. The van der Waals surface area contributed by atoms with Crippen molar-refractivity contribution in [1.29, 1.82) is 0 Å². The molecule has 1 aromatic carbocycles. The molecule has 2 N–H and O–H groups in total. The molecule has 5 nitrogen and oxygen atoms in total. The van der Waals surface area contributed by atoms with Gasteiger partial charge in [-0.15, -0.1) is 24.0 Å². The molecule has 1 aromatic heterocycles. The molecule has 136 valence electrons. The molecular formula is C18H24ClIN4O. The van der Waals surface area contributed by atoms with Gasteiger partial charge in [-0.3, -0.25) is 4.99 Å². The van der Waals surface area contributed by atoms with E-state index < -0.39 is 0 Å². The number of pyridine rings is 1. The van der Waals surface area contributed by atoms with E-state index in [0.29, 0.717) is 18.3 Å². The Morgan fingerprint density at radius 2 is 1.96 bits per heavy atom. The van der Waals surface area contributed by atoms with E-state index in [1.807, 2.05) is 12.1 Å². The van der Waals surface area contributed by atoms with Crippen molar-refractivity contribution in [2.24, 2.45) is 4.99 Å². The predicted octanol–water partition coefficient (Wildman–Crippen LogP) is 3.41. The Bertz CT molecular complexity index is 664. The third kappa shape index (κ3) is 8.02. The molecule has 0 saturated heterocycles. The van der Waals surface area contributed by atoms with Gasteiger partial charge in [0, 0.05) is 33.4 Å². The van der Waals surface area contributed by atoms with Crippen molar-refractivity contribution in [3.63, 3.8) is 0 Å². The molecule has 0 unspecified atom stereocenters. The van der Waals surface area contributed by atoms with Gasteiger partial charge in [-0.2, -0.15) is 0 Å². The van der Waals surface area contributed by atoms with Gasteiger partial charge in [-0.1, -0.05) is 41.9 Å². The standard InChI is InChI=1S/C18H23ClN4O.HI/c1-20-18(21-9-8-14-6-7-17(19)22-11-14)23-12-15-4-3-5-16(10-15)13-24-2;/h3-7,10-11H,8-9,12-13H2,1-2H3,(H2,20,21,23);1H. The van der Waals surface area contributed by atoms with E-state index in [4.69, 9.17) is 16.3 Å². The minimum Gasteiger partial charge on any atom is -0.380 e. The molecule has 2 aromatic rings. The van der Waals surface area contributed by atoms with E-state index in [-0.39, 0.29) is 24.0 Å². The first-order valence-corrected chi connectivity index (χ1v) is 8.20. The predicted molar refractivity (Wildman–Crippen MR) is 114 cm³/mol. The number of methoxy groups -OCH3 is 1. The molecular weight excluding hydrogens is 451 g/mol. The Balaban J connectivity index is 0.00000312. The highest BCUT2D eigenvalue weighted by atomic mass is 127. The summed E-state index contributed by atoms with van der Waals surface area (Å²) in [6, 6.07) is 12.1. The molecule has 25 heavy (non-hydrogen) atoms. The summed E-state index contributed by atoms with van der Waals surface area (Å²) in [7, 11) is 3.47. The van der Waals surface area contributed by atoms with Gasteiger partial charge >= 0.3 is 0 Å². The maximum Gasteiger partial charge on any atom is 0.191 e. The number of guanidine groups is 1. The Morgan fingerprint density at radius 3 is 2.64 bits per heavy atom. The van der Waals surface area contributed by atoms with Crippen LogP contribution in [0.2, 0.25) is 5.15 Å². The van der Waals surface area contributed by atoms with Gasteiger partial charge in [-0.25, -0.2) is 4.98 Å². The van der Waals surface area contributed by atoms with Crippen LogP contribution in [0.25, 0.3) is 0 Å². The number of hydrogen-bond acceptors (Lipinski definition) is 3. The normalized spacial score (nSPS) is 10.9. The van der Waals surface area contributed by atoms with Crippen LogP contribution in [-0.4, -0.2) is 31.6 Å². The van der Waals surface area contributed by atoms with Crippen molar-refractivity contribution in [1.82, 2.24) is 15.6 Å². The second-order valence-electron chi connectivity index (χ2n) is 5.34. The van der Waals surface area contributed by atoms with Crippen LogP contribution in [-0.2, 0) is 24.3 Å². The van der Waals surface area contributed by atoms with Crippen molar-refractivity contribution >= 4 is 41.5 Å². The number of aliphatic imine (C=N–C) groups is 1. The quantitative estimate of drug-likeness (QED) is 0.279. The van der Waals surface area contributed by atoms with Gasteiger partial charge < -0.3 is 15.4 Å². The fraction of sp³-hybridized carbons (Fsp3) is 0.333. The van der Waals surface area contributed by atoms with Crippen LogP contribution >= 0.6 is 35.6 Å². The number of nitrogens with one attached hydrogen (secondary N) is 2. The second-order valence-corrected chi connectivity index (χ2v) is 5.73. The number of nitrogens with zero attached hydrogens (tertiary/aromatic N) is 2. The van der Waals surface area contributed by atoms with Gasteiger partial charge in [0.05, 0.1) is 6.61 Å². The lowest BCUT2D eigenvalue weighted by Gasteiger charge is -2.12. The first-order chi connectivity index (χ1) is 11.7. The SMILES string of the molecule is CN=C(NCCc1ccc(Cl)nc1)NCc1cccc(COC)c1.I. The van der Waals surface area contributed by atoms with E-state index >= 15 is 0 Å². The lowest BCUT2D eigenvalue weighted by molar-refractivity contribution is 0.185. The summed E-state index contributed by atoms with van der Waals surface area (Å²) in [6.07, 6.45) is 2.65. The summed E-state index contributed by atoms with van der Waals surface area (Å²) in [5.41, 5.74) is 3.49. The average molecular weight is 475 g/mol. The van der Waals surface area contributed by atoms with E-state index in [0.717, 1.165) is 30.1 Å². The molecule has 0 fully saturated rings. The molecule has 0 bridgehead atoms. The van der Waals surface area contributed by atoms with Crippen LogP contribution < -0.4 is 10.6 Å². The molecule has 0 aliphatic heterocycles. The zero-order chi connectivity index (χ0) is 17.2. The number of halogens is 2. The van der Waals surface area contributed by atoms with Crippen molar-refractivity contribution in [3.8, 4) is 0 Å². The van der Waals surface area contributed by atoms with Crippen molar-refractivity contribution in [2.45, 2.75) is 19.6 Å². The van der Waals surface area contributed by atoms with Crippen LogP contribution in [0.1, 0.15) is 16.7 Å². The fourth-order valence-electron chi connectivity index (χ4n) is 2.28. The smallest absolute Gasteiger partial charge is 0.191 e. The van der Waals surface area contributed by atoms with E-state index in [2.05, 4.69) is 38.8 Å². The van der Waals surface area contributed by atoms with Crippen LogP contribution in [0.15, 0.2) is 47.6 Å². The number of ether oxygens (including phenoxy) is 1. The highest BCUT2D eigenvalue weighted by Gasteiger charge is 2.00. The van der Waals surface area contributed by atoms with Crippen LogP contribution in [0.3, 0.4) is 0 Å². The molecule has 0 aliphatic rings. The summed E-state index contributed by atoms with van der Waals surface area (Å²) in [4.78, 5) is 8.32. The third-order valence-electron chi connectivity index (χ3n) is 3.48. The molecule has 0 atom stereocenters. The monoisotopic (exact) mass is 474 g/mol. The van der Waals surface area contributed by atoms with Crippen LogP contribution in [0, 0.1) is 0 Å². The van der Waals surface area contributed by atoms with E-state index in [9.17, 15) is 0 Å². The Kier molecular flexibility index (Phi) is 10.4. The molecule has 0 spiro atoms. The fourth-order valence-corrected chi connectivity index (χ4v) is 2.39. The van der Waals surface area contributed by atoms with Crippen LogP contribution in [0.4, 0.5) is 0 Å². The van der Waals surface area contributed by atoms with Gasteiger partial charge in [0.2, 0.25) is 0 Å². The summed E-state index contributed by atoms with van der Waals surface area (Å²) >= 11 is 5.79. The molecule has 2 rings (SSSR count). The molecule has 1 heterocycles. The number of rotatable bonds is 7. The van der Waals surface area contributed by atoms with Gasteiger partial charge in [0.1, 0.15) is 5.15 Å². The van der Waals surface area contributed by atoms with Gasteiger partial charge in [-0.05, 0) is 29.2 Å². The summed E-state index contributed by atoms with van der Waals surface area (Å²) in [5, 5.41) is 7.12. The topological polar surface area (TPSA) is 58.5 Å². The van der Waals surface area contributed by atoms with Gasteiger partial charge in [0.25, 0.3) is 0 Å². The Morgan fingerprint density at radius 1 is 1.16 bits per heavy atom. The Labute approximate surface area is 171 Å². The molecule has 7 heteroatoms. The minimum absolute atomic E-state index is 0. The second kappa shape index (κ2) is 12.1. The lowest BCUT2D eigenvalue weighted by atomic mass is 10.1. The summed E-state index contributed by atoms with van der Waals surface area (Å²) in [6.45, 7) is 2.10. The first-order valence-electron chi connectivity index (χ1n) is 7.83. The summed E-state index contributed by atoms with van der Waals surface area (Å²) in [5.74, 6) is 0.772. The van der Waals surface area contributed by atoms with Crippen molar-refractivity contribution in [2.75, 3.05) is 20.7 Å². The van der Waals surface area contributed by atoms with Gasteiger partial charge in [0.15, 0.2) is 5.96 Å². The minimum atomic E-state index is 0. The van der Waals surface area contributed by atoms with E-state index in [1.54, 1.807) is 26.4 Å². The molecule has 0 saturated carbocycles. The summed E-state index contributed by atoms with van der Waals surface area (Å²) < 4.78 is 5.16. The maximum absolute atomic E-state index is 5.79. The van der Waals surface area contributed by atoms with E-state index in [1.165, 1.54) is 5.56 Å².